The Morgan fingerprint density at radius 2 is 1.97 bits per heavy atom. The van der Waals surface area contributed by atoms with Crippen molar-refractivity contribution < 1.29 is 28.2 Å². The molecular weight excluding hydrogens is 483 g/mol. The molecule has 7 N–H and O–H groups in total. The van der Waals surface area contributed by atoms with E-state index in [0.29, 0.717) is 0 Å². The average Bonchev–Trinajstić information content (AvgIpc) is 3.36. The van der Waals surface area contributed by atoms with E-state index in [4.69, 9.17) is 11.5 Å². The summed E-state index contributed by atoms with van der Waals surface area (Å²) in [5.41, 5.74) is 10.8. The van der Waals surface area contributed by atoms with Gasteiger partial charge in [-0.25, -0.2) is 9.97 Å². The molecule has 1 amide bonds. The second kappa shape index (κ2) is 8.03. The Morgan fingerprint density at radius 3 is 2.69 bits per heavy atom. The maximum Gasteiger partial charge on any atom is 0.449 e. The number of aliphatic hydroxyl groups is 2. The lowest BCUT2D eigenvalue weighted by molar-refractivity contribution is -0.144. The van der Waals surface area contributed by atoms with Crippen molar-refractivity contribution in [3.05, 3.63) is 35.9 Å². The van der Waals surface area contributed by atoms with Gasteiger partial charge in [0.05, 0.1) is 35.1 Å². The SMILES string of the molecule is C[C@@]1(O)C[C@H](O)CN(C(=O)c2ccc3nc(C(F)(F)F)[nH]c3c2)C[C@H]1n1cnc2c(N)nc(N)nc21. The number of nitrogen functional groups attached to an aromatic ring is 2. The predicted octanol–water partition coefficient (Wildman–Crippen LogP) is 1.08. The number of likely N-dealkylation sites (tertiary alicyclic amines) is 1. The van der Waals surface area contributed by atoms with Crippen LogP contribution in [-0.4, -0.2) is 75.3 Å². The minimum atomic E-state index is -4.67. The summed E-state index contributed by atoms with van der Waals surface area (Å²) in [5.74, 6) is -1.78. The number of carbonyl (C=O) groups is 1. The molecule has 0 spiro atoms. The van der Waals surface area contributed by atoms with Crippen LogP contribution in [0.2, 0.25) is 0 Å². The fourth-order valence-corrected chi connectivity index (χ4v) is 4.61. The molecule has 1 aliphatic heterocycles. The third-order valence-electron chi connectivity index (χ3n) is 6.28. The van der Waals surface area contributed by atoms with Gasteiger partial charge in [-0.05, 0) is 25.1 Å². The normalized spacial score (nSPS) is 23.3. The molecule has 36 heavy (non-hydrogen) atoms. The van der Waals surface area contributed by atoms with E-state index in [-0.39, 0.29) is 59.0 Å². The average molecular weight is 505 g/mol. The molecule has 0 radical (unpaired) electrons. The topological polar surface area (TPSA) is 185 Å². The monoisotopic (exact) mass is 505 g/mol. The summed E-state index contributed by atoms with van der Waals surface area (Å²) in [6, 6.07) is 3.11. The molecule has 12 nitrogen and oxygen atoms in total. The number of amides is 1. The van der Waals surface area contributed by atoms with Crippen molar-refractivity contribution in [2.75, 3.05) is 24.6 Å². The first-order valence-electron chi connectivity index (χ1n) is 10.9. The fraction of sp³-hybridized carbons (Fsp3) is 0.381. The minimum Gasteiger partial charge on any atom is -0.391 e. The van der Waals surface area contributed by atoms with Crippen LogP contribution < -0.4 is 11.5 Å². The van der Waals surface area contributed by atoms with Crippen LogP contribution in [0.4, 0.5) is 24.9 Å². The number of fused-ring (bicyclic) bond motifs is 2. The van der Waals surface area contributed by atoms with Gasteiger partial charge in [-0.2, -0.15) is 23.1 Å². The minimum absolute atomic E-state index is 0.0374. The number of β-amino-alcohol motifs (C(OH)–C–C–N with tert-alkyl or cyclic N) is 1. The van der Waals surface area contributed by atoms with Gasteiger partial charge in [0.25, 0.3) is 5.91 Å². The van der Waals surface area contributed by atoms with E-state index in [1.54, 1.807) is 0 Å². The van der Waals surface area contributed by atoms with Crippen molar-refractivity contribution in [2.24, 2.45) is 0 Å². The van der Waals surface area contributed by atoms with E-state index in [9.17, 15) is 28.2 Å². The Bertz CT molecular complexity index is 1480. The standard InChI is InChI=1S/C21H22F3N9O3/c1-20(36)5-10(34)6-32(7-13(20)33-8-27-14-15(25)30-19(26)31-16(14)33)17(35)9-2-3-11-12(4-9)29-18(28-11)21(22,23)24/h2-4,8,10,13,34,36H,5-7H2,1H3,(H,28,29)(H4,25,26,30,31)/t10-,13+,20+/m0/s1. The van der Waals surface area contributed by atoms with E-state index >= 15 is 0 Å². The molecule has 0 aliphatic carbocycles. The number of anilines is 2. The van der Waals surface area contributed by atoms with Crippen LogP contribution in [-0.2, 0) is 6.18 Å². The number of rotatable bonds is 2. The van der Waals surface area contributed by atoms with Gasteiger partial charge in [-0.1, -0.05) is 0 Å². The zero-order valence-electron chi connectivity index (χ0n) is 18.9. The first-order valence-corrected chi connectivity index (χ1v) is 10.9. The molecule has 190 valence electrons. The molecule has 1 saturated heterocycles. The number of nitrogens with two attached hydrogens (primary N) is 2. The molecule has 1 aliphatic rings. The summed E-state index contributed by atoms with van der Waals surface area (Å²) in [6.45, 7) is 1.32. The van der Waals surface area contributed by atoms with Crippen LogP contribution in [0.5, 0.6) is 0 Å². The highest BCUT2D eigenvalue weighted by Crippen LogP contribution is 2.35. The lowest BCUT2D eigenvalue weighted by Crippen LogP contribution is -2.42. The van der Waals surface area contributed by atoms with Gasteiger partial charge in [0.2, 0.25) is 11.8 Å². The van der Waals surface area contributed by atoms with E-state index in [1.165, 1.54) is 40.9 Å². The smallest absolute Gasteiger partial charge is 0.391 e. The van der Waals surface area contributed by atoms with E-state index in [0.717, 1.165) is 0 Å². The van der Waals surface area contributed by atoms with Crippen molar-refractivity contribution in [3.8, 4) is 0 Å². The third kappa shape index (κ3) is 4.05. The fourth-order valence-electron chi connectivity index (χ4n) is 4.61. The molecule has 0 unspecified atom stereocenters. The number of nitrogens with zero attached hydrogens (tertiary/aromatic N) is 6. The number of alkyl halides is 3. The Hall–Kier alpha value is -3.98. The molecule has 5 rings (SSSR count). The number of aromatic nitrogens is 6. The number of aliphatic hydroxyl groups excluding tert-OH is 1. The zero-order chi connectivity index (χ0) is 26.0. The van der Waals surface area contributed by atoms with Crippen molar-refractivity contribution in [3.63, 3.8) is 0 Å². The first-order chi connectivity index (χ1) is 16.8. The van der Waals surface area contributed by atoms with Crippen molar-refractivity contribution >= 4 is 39.9 Å². The van der Waals surface area contributed by atoms with Gasteiger partial charge in [0.1, 0.15) is 5.52 Å². The number of benzene rings is 1. The molecule has 1 fully saturated rings. The summed E-state index contributed by atoms with van der Waals surface area (Å²) < 4.78 is 40.6. The number of H-pyrrole nitrogens is 1. The van der Waals surface area contributed by atoms with Crippen molar-refractivity contribution in [2.45, 2.75) is 37.3 Å². The van der Waals surface area contributed by atoms with Gasteiger partial charge in [0, 0.05) is 25.1 Å². The highest BCUT2D eigenvalue weighted by Gasteiger charge is 2.42. The number of imidazole rings is 2. The molecule has 1 aromatic carbocycles. The second-order valence-electron chi connectivity index (χ2n) is 9.05. The zero-order valence-corrected chi connectivity index (χ0v) is 18.9. The van der Waals surface area contributed by atoms with Gasteiger partial charge >= 0.3 is 6.18 Å². The summed E-state index contributed by atoms with van der Waals surface area (Å²) in [6.07, 6.45) is -4.43. The Balaban J connectivity index is 1.52. The third-order valence-corrected chi connectivity index (χ3v) is 6.28. The van der Waals surface area contributed by atoms with E-state index in [1.807, 2.05) is 0 Å². The number of carbonyl (C=O) groups excluding carboxylic acids is 1. The van der Waals surface area contributed by atoms with E-state index < -0.39 is 35.7 Å². The van der Waals surface area contributed by atoms with Gasteiger partial charge < -0.3 is 36.1 Å². The summed E-state index contributed by atoms with van der Waals surface area (Å²) in [4.78, 5) is 32.7. The second-order valence-corrected chi connectivity index (χ2v) is 9.05. The summed E-state index contributed by atoms with van der Waals surface area (Å²) >= 11 is 0. The van der Waals surface area contributed by atoms with Crippen LogP contribution in [0, 0.1) is 0 Å². The summed E-state index contributed by atoms with van der Waals surface area (Å²) in [5, 5.41) is 21.9. The van der Waals surface area contributed by atoms with Crippen LogP contribution in [0.15, 0.2) is 24.5 Å². The molecule has 0 saturated carbocycles. The predicted molar refractivity (Wildman–Crippen MR) is 121 cm³/mol. The van der Waals surface area contributed by atoms with Crippen LogP contribution >= 0.6 is 0 Å². The van der Waals surface area contributed by atoms with E-state index in [2.05, 4.69) is 24.9 Å². The largest absolute Gasteiger partial charge is 0.449 e. The lowest BCUT2D eigenvalue weighted by Gasteiger charge is -2.34. The number of aromatic amines is 1. The van der Waals surface area contributed by atoms with Crippen LogP contribution in [0.25, 0.3) is 22.2 Å². The Morgan fingerprint density at radius 1 is 1.22 bits per heavy atom. The molecule has 4 heterocycles. The molecular formula is C21H22F3N9O3. The molecule has 3 atom stereocenters. The maximum absolute atomic E-state index is 13.4. The van der Waals surface area contributed by atoms with Gasteiger partial charge in [-0.3, -0.25) is 4.79 Å². The number of halogens is 3. The maximum atomic E-state index is 13.4. The number of nitrogens with one attached hydrogen (secondary N) is 1. The number of hydrogen-bond acceptors (Lipinski definition) is 9. The quantitative estimate of drug-likeness (QED) is 0.266. The lowest BCUT2D eigenvalue weighted by atomic mass is 9.91. The van der Waals surface area contributed by atoms with Crippen LogP contribution in [0.3, 0.4) is 0 Å². The highest BCUT2D eigenvalue weighted by molar-refractivity contribution is 5.97. The highest BCUT2D eigenvalue weighted by atomic mass is 19.4. The van der Waals surface area contributed by atoms with Gasteiger partial charge in [-0.15, -0.1) is 0 Å². The Kier molecular flexibility index (Phi) is 5.29. The molecule has 3 aromatic heterocycles. The van der Waals surface area contributed by atoms with Gasteiger partial charge in [0.15, 0.2) is 11.5 Å². The number of hydrogen-bond donors (Lipinski definition) is 5. The first kappa shape index (κ1) is 23.7. The van der Waals surface area contributed by atoms with Crippen molar-refractivity contribution in [1.29, 1.82) is 0 Å². The van der Waals surface area contributed by atoms with Crippen LogP contribution in [0.1, 0.15) is 35.6 Å². The van der Waals surface area contributed by atoms with Crippen molar-refractivity contribution in [1.82, 2.24) is 34.4 Å². The molecule has 15 heteroatoms. The molecule has 4 aromatic rings. The molecule has 0 bridgehead atoms. The summed E-state index contributed by atoms with van der Waals surface area (Å²) in [7, 11) is 0. The Labute approximate surface area is 200 Å².